The summed E-state index contributed by atoms with van der Waals surface area (Å²) >= 11 is 0. The van der Waals surface area contributed by atoms with Gasteiger partial charge >= 0.3 is 0 Å². The Bertz CT molecular complexity index is 357. The average Bonchev–Trinajstić information content (AvgIpc) is 2.38. The minimum Gasteiger partial charge on any atom is -0.492 e. The van der Waals surface area contributed by atoms with E-state index in [-0.39, 0.29) is 13.2 Å². The average molecular weight is 256 g/mol. The fraction of sp³-hybridized carbons (Fsp3) is 0.538. The van der Waals surface area contributed by atoms with Crippen molar-refractivity contribution in [2.24, 2.45) is 0 Å². The van der Waals surface area contributed by atoms with Gasteiger partial charge in [-0.05, 0) is 18.9 Å². The molecule has 18 heavy (non-hydrogen) atoms. The number of methoxy groups -OCH3 is 3. The largest absolute Gasteiger partial charge is 0.492 e. The van der Waals surface area contributed by atoms with Crippen molar-refractivity contribution in [1.29, 1.82) is 0 Å². The number of hydrogen-bond donors (Lipinski definition) is 2. The minimum absolute atomic E-state index is 0.0183. The summed E-state index contributed by atoms with van der Waals surface area (Å²) in [7, 11) is 4.62. The molecule has 0 heterocycles. The number of aliphatic hydroxyl groups excluding tert-OH is 2. The SMILES string of the molecule is COc1c(CCO)cc(CCO)c(OC)c1OC. The molecule has 0 aromatic heterocycles. The molecule has 0 fully saturated rings. The van der Waals surface area contributed by atoms with Crippen LogP contribution in [0.3, 0.4) is 0 Å². The van der Waals surface area contributed by atoms with Crippen LogP contribution in [0.15, 0.2) is 6.07 Å². The fourth-order valence-corrected chi connectivity index (χ4v) is 1.98. The molecule has 102 valence electrons. The summed E-state index contributed by atoms with van der Waals surface area (Å²) < 4.78 is 16.0. The Hall–Kier alpha value is -1.46. The van der Waals surface area contributed by atoms with Crippen LogP contribution in [0.5, 0.6) is 17.2 Å². The lowest BCUT2D eigenvalue weighted by Gasteiger charge is -2.18. The van der Waals surface area contributed by atoms with E-state index < -0.39 is 0 Å². The Morgan fingerprint density at radius 3 is 1.44 bits per heavy atom. The third-order valence-electron chi connectivity index (χ3n) is 2.72. The van der Waals surface area contributed by atoms with Crippen molar-refractivity contribution in [1.82, 2.24) is 0 Å². The molecule has 5 heteroatoms. The van der Waals surface area contributed by atoms with Crippen LogP contribution in [0.4, 0.5) is 0 Å². The first-order valence-electron chi connectivity index (χ1n) is 5.75. The smallest absolute Gasteiger partial charge is 0.203 e. The van der Waals surface area contributed by atoms with Gasteiger partial charge in [-0.3, -0.25) is 0 Å². The van der Waals surface area contributed by atoms with Gasteiger partial charge in [-0.15, -0.1) is 0 Å². The number of aliphatic hydroxyl groups is 2. The second-order valence-corrected chi connectivity index (χ2v) is 3.74. The lowest BCUT2D eigenvalue weighted by atomic mass is 10.0. The third-order valence-corrected chi connectivity index (χ3v) is 2.72. The van der Waals surface area contributed by atoms with Crippen molar-refractivity contribution in [3.8, 4) is 17.2 Å². The van der Waals surface area contributed by atoms with E-state index in [2.05, 4.69) is 0 Å². The highest BCUT2D eigenvalue weighted by atomic mass is 16.5. The molecule has 0 unspecified atom stereocenters. The van der Waals surface area contributed by atoms with Crippen LogP contribution in [0.1, 0.15) is 11.1 Å². The number of ether oxygens (including phenoxy) is 3. The van der Waals surface area contributed by atoms with Gasteiger partial charge in [-0.1, -0.05) is 0 Å². The van der Waals surface area contributed by atoms with Gasteiger partial charge in [0.15, 0.2) is 11.5 Å². The lowest BCUT2D eigenvalue weighted by molar-refractivity contribution is 0.286. The van der Waals surface area contributed by atoms with Gasteiger partial charge in [-0.25, -0.2) is 0 Å². The molecule has 0 aliphatic carbocycles. The third kappa shape index (κ3) is 2.86. The molecule has 0 aliphatic rings. The predicted octanol–water partition coefficient (Wildman–Crippen LogP) is 0.782. The molecular formula is C13H20O5. The van der Waals surface area contributed by atoms with Crippen LogP contribution < -0.4 is 14.2 Å². The predicted molar refractivity (Wildman–Crippen MR) is 67.7 cm³/mol. The van der Waals surface area contributed by atoms with E-state index in [1.54, 1.807) is 14.2 Å². The van der Waals surface area contributed by atoms with Gasteiger partial charge in [0.2, 0.25) is 5.75 Å². The quantitative estimate of drug-likeness (QED) is 0.754. The zero-order valence-corrected chi connectivity index (χ0v) is 11.0. The molecule has 2 N–H and O–H groups in total. The molecule has 1 rings (SSSR count). The van der Waals surface area contributed by atoms with Gasteiger partial charge in [0.1, 0.15) is 0 Å². The monoisotopic (exact) mass is 256 g/mol. The van der Waals surface area contributed by atoms with E-state index in [4.69, 9.17) is 24.4 Å². The molecule has 0 atom stereocenters. The summed E-state index contributed by atoms with van der Waals surface area (Å²) in [6.45, 7) is 0.0365. The zero-order valence-electron chi connectivity index (χ0n) is 11.0. The van der Waals surface area contributed by atoms with E-state index in [0.717, 1.165) is 11.1 Å². The second-order valence-electron chi connectivity index (χ2n) is 3.74. The van der Waals surface area contributed by atoms with Gasteiger partial charge in [0, 0.05) is 24.3 Å². The topological polar surface area (TPSA) is 68.2 Å². The van der Waals surface area contributed by atoms with Crippen LogP contribution >= 0.6 is 0 Å². The Balaban J connectivity index is 3.40. The summed E-state index contributed by atoms with van der Waals surface area (Å²) in [6.07, 6.45) is 0.921. The molecule has 5 nitrogen and oxygen atoms in total. The Kier molecular flexibility index (Phi) is 5.74. The van der Waals surface area contributed by atoms with Crippen LogP contribution in [0.2, 0.25) is 0 Å². The van der Waals surface area contributed by atoms with Crippen molar-refractivity contribution in [2.45, 2.75) is 12.8 Å². The second kappa shape index (κ2) is 7.08. The van der Waals surface area contributed by atoms with Crippen LogP contribution in [-0.2, 0) is 12.8 Å². The first-order chi connectivity index (χ1) is 8.73. The summed E-state index contributed by atoms with van der Waals surface area (Å²) in [6, 6.07) is 1.87. The molecule has 0 saturated carbocycles. The molecule has 1 aromatic rings. The number of benzene rings is 1. The van der Waals surface area contributed by atoms with E-state index in [1.807, 2.05) is 6.07 Å². The lowest BCUT2D eigenvalue weighted by Crippen LogP contribution is -2.05. The van der Waals surface area contributed by atoms with Gasteiger partial charge in [0.25, 0.3) is 0 Å². The highest BCUT2D eigenvalue weighted by molar-refractivity contribution is 5.60. The highest BCUT2D eigenvalue weighted by Gasteiger charge is 2.19. The van der Waals surface area contributed by atoms with E-state index in [1.165, 1.54) is 7.11 Å². The van der Waals surface area contributed by atoms with Crippen LogP contribution in [-0.4, -0.2) is 44.8 Å². The molecule has 1 aromatic carbocycles. The van der Waals surface area contributed by atoms with Crippen molar-refractivity contribution >= 4 is 0 Å². The Labute approximate surface area is 107 Å². The van der Waals surface area contributed by atoms with Crippen molar-refractivity contribution in [3.63, 3.8) is 0 Å². The van der Waals surface area contributed by atoms with Crippen LogP contribution in [0, 0.1) is 0 Å². The van der Waals surface area contributed by atoms with E-state index in [0.29, 0.717) is 30.1 Å². The normalized spacial score (nSPS) is 10.3. The van der Waals surface area contributed by atoms with E-state index in [9.17, 15) is 0 Å². The summed E-state index contributed by atoms with van der Waals surface area (Å²) in [4.78, 5) is 0. The van der Waals surface area contributed by atoms with Crippen LogP contribution in [0.25, 0.3) is 0 Å². The van der Waals surface area contributed by atoms with Crippen molar-refractivity contribution in [2.75, 3.05) is 34.5 Å². The highest BCUT2D eigenvalue weighted by Crippen LogP contribution is 2.43. The van der Waals surface area contributed by atoms with Crippen molar-refractivity contribution < 1.29 is 24.4 Å². The fourth-order valence-electron chi connectivity index (χ4n) is 1.98. The summed E-state index contributed by atoms with van der Waals surface area (Å²) in [5, 5.41) is 18.1. The van der Waals surface area contributed by atoms with Gasteiger partial charge in [-0.2, -0.15) is 0 Å². The summed E-state index contributed by atoms with van der Waals surface area (Å²) in [5.74, 6) is 1.62. The molecule has 0 radical (unpaired) electrons. The van der Waals surface area contributed by atoms with Crippen molar-refractivity contribution in [3.05, 3.63) is 17.2 Å². The number of hydrogen-bond acceptors (Lipinski definition) is 5. The molecule has 0 bridgehead atoms. The Morgan fingerprint density at radius 1 is 0.778 bits per heavy atom. The summed E-state index contributed by atoms with van der Waals surface area (Å²) in [5.41, 5.74) is 1.67. The number of rotatable bonds is 7. The first kappa shape index (κ1) is 14.6. The van der Waals surface area contributed by atoms with E-state index >= 15 is 0 Å². The maximum atomic E-state index is 9.07. The zero-order chi connectivity index (χ0) is 13.5. The Morgan fingerprint density at radius 2 is 1.17 bits per heavy atom. The molecule has 0 amide bonds. The molecule has 0 aliphatic heterocycles. The first-order valence-corrected chi connectivity index (χ1v) is 5.75. The van der Waals surface area contributed by atoms with Gasteiger partial charge < -0.3 is 24.4 Å². The minimum atomic E-state index is 0.0183. The standard InChI is InChI=1S/C13H20O5/c1-16-11-9(4-6-14)8-10(5-7-15)12(17-2)13(11)18-3/h8,14-15H,4-7H2,1-3H3. The van der Waals surface area contributed by atoms with Gasteiger partial charge in [0.05, 0.1) is 21.3 Å². The maximum Gasteiger partial charge on any atom is 0.203 e. The molecule has 0 spiro atoms. The molecule has 0 saturated heterocycles. The molecular weight excluding hydrogens is 236 g/mol. The maximum absolute atomic E-state index is 9.07.